The molecule has 0 aromatic heterocycles. The van der Waals surface area contributed by atoms with Gasteiger partial charge < -0.3 is 0 Å². The monoisotopic (exact) mass is 299 g/mol. The number of benzene rings is 1. The molecule has 5 nitrogen and oxygen atoms in total. The molecule has 6 heteroatoms. The van der Waals surface area contributed by atoms with Crippen molar-refractivity contribution in [3.63, 3.8) is 0 Å². The first-order valence-corrected chi connectivity index (χ1v) is 8.20. The van der Waals surface area contributed by atoms with E-state index < -0.39 is 10.0 Å². The van der Waals surface area contributed by atoms with Crippen LogP contribution in [0.1, 0.15) is 12.5 Å². The van der Waals surface area contributed by atoms with E-state index in [1.807, 2.05) is 37.3 Å². The van der Waals surface area contributed by atoms with Crippen molar-refractivity contribution < 1.29 is 8.42 Å². The highest BCUT2D eigenvalue weighted by Crippen LogP contribution is 2.43. The molecule has 3 unspecified atom stereocenters. The third kappa shape index (κ3) is 1.75. The molecule has 0 bridgehead atoms. The topological polar surface area (TPSA) is 71.2 Å². The van der Waals surface area contributed by atoms with Gasteiger partial charge in [-0.15, -0.1) is 0 Å². The van der Waals surface area contributed by atoms with Crippen molar-refractivity contribution in [2.75, 3.05) is 0 Å². The fourth-order valence-corrected chi connectivity index (χ4v) is 4.54. The van der Waals surface area contributed by atoms with E-state index in [-0.39, 0.29) is 18.0 Å². The molecule has 4 rings (SSSR count). The Morgan fingerprint density at radius 1 is 1.00 bits per heavy atom. The molecule has 1 aromatic carbocycles. The number of hydrogen-bond acceptors (Lipinski definition) is 4. The Labute approximate surface area is 122 Å². The van der Waals surface area contributed by atoms with E-state index in [4.69, 9.17) is 0 Å². The van der Waals surface area contributed by atoms with Gasteiger partial charge in [0, 0.05) is 0 Å². The zero-order chi connectivity index (χ0) is 14.6. The molecule has 0 amide bonds. The van der Waals surface area contributed by atoms with Crippen molar-refractivity contribution in [3.05, 3.63) is 58.5 Å². The van der Waals surface area contributed by atoms with Crippen molar-refractivity contribution >= 4 is 15.7 Å². The Morgan fingerprint density at radius 2 is 1.71 bits per heavy atom. The smallest absolute Gasteiger partial charge is 0.200 e. The molecule has 106 valence electrons. The highest BCUT2D eigenvalue weighted by atomic mass is 32.2. The lowest BCUT2D eigenvalue weighted by Crippen LogP contribution is -2.40. The first-order chi connectivity index (χ1) is 10.1. The summed E-state index contributed by atoms with van der Waals surface area (Å²) in [5.41, 5.74) is 2.33. The molecule has 2 heterocycles. The van der Waals surface area contributed by atoms with Crippen LogP contribution in [0.15, 0.2) is 67.6 Å². The number of nitrogens with zero attached hydrogens (tertiary/aromatic N) is 3. The molecule has 0 fully saturated rings. The molecule has 0 spiro atoms. The third-order valence-corrected chi connectivity index (χ3v) is 5.61. The minimum absolute atomic E-state index is 0.181. The van der Waals surface area contributed by atoms with Crippen LogP contribution in [0.2, 0.25) is 0 Å². The maximum atomic E-state index is 12.5. The summed E-state index contributed by atoms with van der Waals surface area (Å²) in [4.78, 5) is 0.341. The average molecular weight is 299 g/mol. The lowest BCUT2D eigenvalue weighted by atomic mass is 9.82. The second-order valence-electron chi connectivity index (χ2n) is 5.44. The predicted octanol–water partition coefficient (Wildman–Crippen LogP) is 2.48. The van der Waals surface area contributed by atoms with E-state index in [1.165, 1.54) is 0 Å². The number of allylic oxidation sites excluding steroid dienone is 2. The van der Waals surface area contributed by atoms with Crippen LogP contribution in [0.3, 0.4) is 0 Å². The fourth-order valence-electron chi connectivity index (χ4n) is 3.12. The summed E-state index contributed by atoms with van der Waals surface area (Å²) < 4.78 is 28.9. The summed E-state index contributed by atoms with van der Waals surface area (Å²) >= 11 is 0. The largest absolute Gasteiger partial charge is 0.279 e. The molecule has 3 aliphatic rings. The SMILES string of the molecule is CC1=CC=C2C3C1N=NC3C(c1ccccc1)=NS2(=O)=O. The number of sulfonamides is 1. The summed E-state index contributed by atoms with van der Waals surface area (Å²) in [6, 6.07) is 8.85. The van der Waals surface area contributed by atoms with Crippen LogP contribution in [-0.2, 0) is 10.0 Å². The van der Waals surface area contributed by atoms with Gasteiger partial charge in [0.1, 0.15) is 12.1 Å². The highest BCUT2D eigenvalue weighted by Gasteiger charge is 2.49. The van der Waals surface area contributed by atoms with Crippen LogP contribution in [0.4, 0.5) is 0 Å². The number of azo groups is 1. The maximum Gasteiger partial charge on any atom is 0.279 e. The van der Waals surface area contributed by atoms with Gasteiger partial charge in [0.25, 0.3) is 10.0 Å². The number of hydrogen-bond donors (Lipinski definition) is 0. The second kappa shape index (κ2) is 4.21. The van der Waals surface area contributed by atoms with Crippen LogP contribution in [0.25, 0.3) is 0 Å². The second-order valence-corrected chi connectivity index (χ2v) is 7.05. The first kappa shape index (κ1) is 12.6. The molecule has 1 aliphatic carbocycles. The van der Waals surface area contributed by atoms with Crippen LogP contribution in [0.5, 0.6) is 0 Å². The normalized spacial score (nSPS) is 32.0. The standard InChI is InChI=1S/C15H13N3O2S/c1-9-7-8-11-12-13(9)16-17-15(12)14(18-21(11,19)20)10-5-3-2-4-6-10/h2-8,12-13,15H,1H3. The number of rotatable bonds is 1. The van der Waals surface area contributed by atoms with Gasteiger partial charge in [0.15, 0.2) is 0 Å². The fraction of sp³-hybridized carbons (Fsp3) is 0.267. The summed E-state index contributed by atoms with van der Waals surface area (Å²) in [7, 11) is -3.65. The summed E-state index contributed by atoms with van der Waals surface area (Å²) in [5.74, 6) is -0.243. The minimum Gasteiger partial charge on any atom is -0.200 e. The van der Waals surface area contributed by atoms with Crippen molar-refractivity contribution in [3.8, 4) is 0 Å². The van der Waals surface area contributed by atoms with Gasteiger partial charge in [-0.05, 0) is 24.1 Å². The zero-order valence-electron chi connectivity index (χ0n) is 11.3. The van der Waals surface area contributed by atoms with Gasteiger partial charge in [0.05, 0.1) is 16.5 Å². The molecule has 21 heavy (non-hydrogen) atoms. The van der Waals surface area contributed by atoms with E-state index >= 15 is 0 Å². The maximum absolute atomic E-state index is 12.5. The molecule has 1 aromatic rings. The van der Waals surface area contributed by atoms with E-state index in [0.29, 0.717) is 10.6 Å². The Hall–Kier alpha value is -2.08. The van der Waals surface area contributed by atoms with Crippen molar-refractivity contribution in [1.29, 1.82) is 0 Å². The van der Waals surface area contributed by atoms with Crippen molar-refractivity contribution in [2.24, 2.45) is 20.5 Å². The molecule has 0 saturated carbocycles. The lowest BCUT2D eigenvalue weighted by molar-refractivity contribution is 0.548. The molecule has 0 N–H and O–H groups in total. The predicted molar refractivity (Wildman–Crippen MR) is 79.7 cm³/mol. The third-order valence-electron chi connectivity index (χ3n) is 4.17. The molecule has 2 aliphatic heterocycles. The van der Waals surface area contributed by atoms with Crippen LogP contribution < -0.4 is 0 Å². The van der Waals surface area contributed by atoms with E-state index in [2.05, 4.69) is 14.6 Å². The van der Waals surface area contributed by atoms with E-state index in [9.17, 15) is 8.42 Å². The van der Waals surface area contributed by atoms with Gasteiger partial charge in [0.2, 0.25) is 0 Å². The highest BCUT2D eigenvalue weighted by molar-refractivity contribution is 7.94. The quantitative estimate of drug-likeness (QED) is 0.799. The van der Waals surface area contributed by atoms with E-state index in [1.54, 1.807) is 12.2 Å². The zero-order valence-corrected chi connectivity index (χ0v) is 12.2. The average Bonchev–Trinajstić information content (AvgIpc) is 2.91. The van der Waals surface area contributed by atoms with Crippen LogP contribution >= 0.6 is 0 Å². The molecular formula is C15H13N3O2S. The molecular weight excluding hydrogens is 286 g/mol. The van der Waals surface area contributed by atoms with Gasteiger partial charge in [-0.25, -0.2) is 0 Å². The first-order valence-electron chi connectivity index (χ1n) is 6.76. The summed E-state index contributed by atoms with van der Waals surface area (Å²) in [5, 5.41) is 8.62. The minimum atomic E-state index is -3.65. The van der Waals surface area contributed by atoms with Crippen LogP contribution in [0, 0.1) is 5.92 Å². The van der Waals surface area contributed by atoms with Crippen LogP contribution in [-0.4, -0.2) is 26.2 Å². The molecule has 0 saturated heterocycles. The van der Waals surface area contributed by atoms with E-state index in [0.717, 1.165) is 11.1 Å². The summed E-state index contributed by atoms with van der Waals surface area (Å²) in [6.45, 7) is 1.96. The lowest BCUT2D eigenvalue weighted by Gasteiger charge is -2.30. The Bertz CT molecular complexity index is 835. The van der Waals surface area contributed by atoms with Gasteiger partial charge >= 0.3 is 0 Å². The van der Waals surface area contributed by atoms with Gasteiger partial charge in [-0.2, -0.15) is 23.0 Å². The van der Waals surface area contributed by atoms with Gasteiger partial charge in [-0.1, -0.05) is 36.4 Å². The molecule has 3 atom stereocenters. The Kier molecular flexibility index (Phi) is 2.53. The Balaban J connectivity index is 1.94. The summed E-state index contributed by atoms with van der Waals surface area (Å²) in [6.07, 6.45) is 3.46. The Morgan fingerprint density at radius 3 is 2.48 bits per heavy atom. The van der Waals surface area contributed by atoms with Gasteiger partial charge in [-0.3, -0.25) is 0 Å². The van der Waals surface area contributed by atoms with Crippen molar-refractivity contribution in [2.45, 2.75) is 19.0 Å². The molecule has 0 radical (unpaired) electrons. The van der Waals surface area contributed by atoms with Crippen molar-refractivity contribution in [1.82, 2.24) is 0 Å².